The molecule has 0 aromatic heterocycles. The third kappa shape index (κ3) is 2.77. The summed E-state index contributed by atoms with van der Waals surface area (Å²) in [5.74, 6) is -0.268. The highest BCUT2D eigenvalue weighted by Crippen LogP contribution is 2.42. The van der Waals surface area contributed by atoms with Gasteiger partial charge in [0, 0.05) is 40.0 Å². The van der Waals surface area contributed by atoms with Gasteiger partial charge in [-0.25, -0.2) is 0 Å². The van der Waals surface area contributed by atoms with Crippen LogP contribution >= 0.6 is 0 Å². The van der Waals surface area contributed by atoms with Gasteiger partial charge in [-0.05, 0) is 12.1 Å². The van der Waals surface area contributed by atoms with Crippen LogP contribution in [0.3, 0.4) is 0 Å². The van der Waals surface area contributed by atoms with Crippen LogP contribution < -0.4 is 9.47 Å². The lowest BCUT2D eigenvalue weighted by Gasteiger charge is -2.19. The van der Waals surface area contributed by atoms with Crippen molar-refractivity contribution in [3.8, 4) is 11.5 Å². The molecule has 3 aromatic carbocycles. The predicted octanol–water partition coefficient (Wildman–Crippen LogP) is 4.24. The highest BCUT2D eigenvalue weighted by molar-refractivity contribution is 6.39. The van der Waals surface area contributed by atoms with Gasteiger partial charge in [0.25, 0.3) is 0 Å². The summed E-state index contributed by atoms with van der Waals surface area (Å²) < 4.78 is 11.0. The molecule has 28 heavy (non-hydrogen) atoms. The molecule has 0 radical (unpaired) electrons. The molecule has 5 heteroatoms. The number of carbonyl (C=O) groups excluding carboxylic acids is 3. The van der Waals surface area contributed by atoms with E-state index in [1.165, 1.54) is 20.1 Å². The molecule has 0 heterocycles. The molecule has 0 spiro atoms. The zero-order valence-electron chi connectivity index (χ0n) is 15.3. The molecule has 0 atom stereocenters. The molecule has 0 aliphatic heterocycles. The van der Waals surface area contributed by atoms with Gasteiger partial charge < -0.3 is 9.47 Å². The fourth-order valence-electron chi connectivity index (χ4n) is 3.49. The van der Waals surface area contributed by atoms with E-state index in [1.54, 1.807) is 36.4 Å². The summed E-state index contributed by atoms with van der Waals surface area (Å²) in [6.07, 6.45) is 1.31. The molecule has 0 fully saturated rings. The van der Waals surface area contributed by atoms with Crippen LogP contribution in [0, 0.1) is 0 Å². The molecule has 1 aliphatic rings. The summed E-state index contributed by atoms with van der Waals surface area (Å²) in [5.41, 5.74) is 1.33. The monoisotopic (exact) mass is 372 g/mol. The number of carbonyl (C=O) groups is 3. The first-order valence-electron chi connectivity index (χ1n) is 8.69. The van der Waals surface area contributed by atoms with E-state index in [2.05, 4.69) is 0 Å². The Morgan fingerprint density at radius 1 is 0.857 bits per heavy atom. The highest BCUT2D eigenvalue weighted by Gasteiger charge is 2.29. The first kappa shape index (κ1) is 17.7. The first-order chi connectivity index (χ1) is 13.5. The Balaban J connectivity index is 2.00. The maximum absolute atomic E-state index is 13.1. The van der Waals surface area contributed by atoms with Crippen LogP contribution in [0.4, 0.5) is 0 Å². The first-order valence-corrected chi connectivity index (χ1v) is 8.69. The third-order valence-corrected chi connectivity index (χ3v) is 4.66. The Kier molecular flexibility index (Phi) is 4.28. The lowest BCUT2D eigenvalue weighted by Crippen LogP contribution is -2.16. The molecule has 0 unspecified atom stereocenters. The van der Waals surface area contributed by atoms with Gasteiger partial charge in [-0.15, -0.1) is 0 Å². The Morgan fingerprint density at radius 3 is 2.18 bits per heavy atom. The Hall–Kier alpha value is -3.73. The number of hydrogen-bond donors (Lipinski definition) is 0. The molecule has 4 rings (SSSR count). The second-order valence-electron chi connectivity index (χ2n) is 6.39. The normalized spacial score (nSPS) is 13.1. The molecule has 0 saturated heterocycles. The van der Waals surface area contributed by atoms with E-state index in [0.717, 1.165) is 0 Å². The Labute approximate surface area is 161 Å². The average Bonchev–Trinajstić information content (AvgIpc) is 2.70. The number of esters is 1. The zero-order chi connectivity index (χ0) is 19.8. The molecular weight excluding hydrogens is 356 g/mol. The molecule has 3 aromatic rings. The van der Waals surface area contributed by atoms with Gasteiger partial charge in [0.15, 0.2) is 11.6 Å². The van der Waals surface area contributed by atoms with Crippen LogP contribution in [0.25, 0.3) is 16.3 Å². The van der Waals surface area contributed by atoms with E-state index in [4.69, 9.17) is 9.47 Å². The number of fused-ring (bicyclic) bond motifs is 2. The van der Waals surface area contributed by atoms with E-state index in [1.807, 2.05) is 18.2 Å². The maximum Gasteiger partial charge on any atom is 0.308 e. The molecule has 0 saturated carbocycles. The van der Waals surface area contributed by atoms with Crippen LogP contribution in [0.15, 0.2) is 60.7 Å². The Bertz CT molecular complexity index is 1190. The average molecular weight is 372 g/mol. The van der Waals surface area contributed by atoms with Crippen LogP contribution in [-0.4, -0.2) is 24.6 Å². The minimum absolute atomic E-state index is 0.208. The number of methoxy groups -OCH3 is 1. The standard InChI is InChI=1S/C23H16O5/c1-13(24)28-21-12-19(23(27-2)17-10-6-4-8-15(17)21)18-11-20(25)14-7-3-5-9-16(14)22(18)26/h3-12H,1-2H3. The Morgan fingerprint density at radius 2 is 1.50 bits per heavy atom. The van der Waals surface area contributed by atoms with Crippen molar-refractivity contribution in [1.82, 2.24) is 0 Å². The van der Waals surface area contributed by atoms with Crippen molar-refractivity contribution in [3.05, 3.63) is 77.4 Å². The van der Waals surface area contributed by atoms with E-state index in [9.17, 15) is 14.4 Å². The lowest BCUT2D eigenvalue weighted by atomic mass is 9.85. The summed E-state index contributed by atoms with van der Waals surface area (Å²) in [6, 6.07) is 15.5. The van der Waals surface area contributed by atoms with Crippen LogP contribution in [0.2, 0.25) is 0 Å². The number of ketones is 2. The van der Waals surface area contributed by atoms with Crippen LogP contribution in [0.5, 0.6) is 11.5 Å². The van der Waals surface area contributed by atoms with Gasteiger partial charge in [-0.3, -0.25) is 14.4 Å². The third-order valence-electron chi connectivity index (χ3n) is 4.66. The largest absolute Gasteiger partial charge is 0.495 e. The van der Waals surface area contributed by atoms with E-state index in [-0.39, 0.29) is 17.1 Å². The maximum atomic E-state index is 13.1. The van der Waals surface area contributed by atoms with Gasteiger partial charge >= 0.3 is 5.97 Å². The second-order valence-corrected chi connectivity index (χ2v) is 6.39. The van der Waals surface area contributed by atoms with Gasteiger partial charge in [-0.2, -0.15) is 0 Å². The summed E-state index contributed by atoms with van der Waals surface area (Å²) in [6.45, 7) is 1.31. The van der Waals surface area contributed by atoms with Crippen molar-refractivity contribution in [2.75, 3.05) is 7.11 Å². The van der Waals surface area contributed by atoms with E-state index in [0.29, 0.717) is 39.0 Å². The molecule has 138 valence electrons. The smallest absolute Gasteiger partial charge is 0.308 e. The summed E-state index contributed by atoms with van der Waals surface area (Å²) in [5, 5.41) is 1.35. The number of hydrogen-bond acceptors (Lipinski definition) is 5. The molecule has 1 aliphatic carbocycles. The van der Waals surface area contributed by atoms with Crippen LogP contribution in [-0.2, 0) is 4.79 Å². The van der Waals surface area contributed by atoms with Crippen molar-refractivity contribution in [1.29, 1.82) is 0 Å². The summed E-state index contributed by atoms with van der Waals surface area (Å²) >= 11 is 0. The molecule has 5 nitrogen and oxygen atoms in total. The molecule has 0 bridgehead atoms. The molecule has 0 N–H and O–H groups in total. The number of benzene rings is 3. The fraction of sp³-hybridized carbons (Fsp3) is 0.0870. The minimum atomic E-state index is -0.480. The quantitative estimate of drug-likeness (QED) is 0.508. The molecule has 0 amide bonds. The van der Waals surface area contributed by atoms with E-state index >= 15 is 0 Å². The van der Waals surface area contributed by atoms with Crippen molar-refractivity contribution in [2.24, 2.45) is 0 Å². The van der Waals surface area contributed by atoms with Crippen molar-refractivity contribution >= 4 is 33.9 Å². The number of ether oxygens (including phenoxy) is 2. The van der Waals surface area contributed by atoms with Gasteiger partial charge in [0.05, 0.1) is 7.11 Å². The fourth-order valence-corrected chi connectivity index (χ4v) is 3.49. The molecular formula is C23H16O5. The summed E-state index contributed by atoms with van der Waals surface area (Å²) in [4.78, 5) is 37.3. The summed E-state index contributed by atoms with van der Waals surface area (Å²) in [7, 11) is 1.50. The number of rotatable bonds is 3. The number of Topliss-reactive ketones (excluding diaryl/α,β-unsaturated/α-hetero) is 1. The minimum Gasteiger partial charge on any atom is -0.495 e. The zero-order valence-corrected chi connectivity index (χ0v) is 15.3. The van der Waals surface area contributed by atoms with Crippen molar-refractivity contribution in [3.63, 3.8) is 0 Å². The predicted molar refractivity (Wildman–Crippen MR) is 105 cm³/mol. The van der Waals surface area contributed by atoms with Crippen molar-refractivity contribution in [2.45, 2.75) is 6.92 Å². The van der Waals surface area contributed by atoms with E-state index < -0.39 is 5.97 Å². The number of allylic oxidation sites excluding steroid dienone is 2. The SMILES string of the molecule is COc1c(C2=CC(=O)c3ccccc3C2=O)cc(OC(C)=O)c2ccccc12. The van der Waals surface area contributed by atoms with Gasteiger partial charge in [-0.1, -0.05) is 48.5 Å². The van der Waals surface area contributed by atoms with Gasteiger partial charge in [0.2, 0.25) is 0 Å². The van der Waals surface area contributed by atoms with Gasteiger partial charge in [0.1, 0.15) is 11.5 Å². The van der Waals surface area contributed by atoms with Crippen molar-refractivity contribution < 1.29 is 23.9 Å². The van der Waals surface area contributed by atoms with Crippen LogP contribution in [0.1, 0.15) is 33.2 Å². The topological polar surface area (TPSA) is 69.7 Å². The lowest BCUT2D eigenvalue weighted by molar-refractivity contribution is -0.131. The highest BCUT2D eigenvalue weighted by atomic mass is 16.5. The second kappa shape index (κ2) is 6.78.